The highest BCUT2D eigenvalue weighted by atomic mass is 16.6. The Morgan fingerprint density at radius 2 is 1.76 bits per heavy atom. The first-order valence-corrected chi connectivity index (χ1v) is 10.2. The maximum absolute atomic E-state index is 11.9. The molecule has 3 rings (SSSR count). The number of amides is 1. The van der Waals surface area contributed by atoms with E-state index in [1.54, 1.807) is 0 Å². The Kier molecular flexibility index (Phi) is 5.64. The van der Waals surface area contributed by atoms with E-state index in [9.17, 15) is 4.79 Å². The van der Waals surface area contributed by atoms with Crippen molar-refractivity contribution >= 4 is 6.09 Å². The summed E-state index contributed by atoms with van der Waals surface area (Å²) in [5, 5.41) is 3.04. The van der Waals surface area contributed by atoms with Crippen molar-refractivity contribution in [1.29, 1.82) is 0 Å². The minimum absolute atomic E-state index is 0.264. The van der Waals surface area contributed by atoms with Crippen LogP contribution in [-0.4, -0.2) is 48.3 Å². The fourth-order valence-electron chi connectivity index (χ4n) is 4.92. The molecule has 5 heteroatoms. The average Bonchev–Trinajstić information content (AvgIpc) is 2.48. The average molecular weight is 352 g/mol. The van der Waals surface area contributed by atoms with E-state index in [1.165, 1.54) is 58.2 Å². The summed E-state index contributed by atoms with van der Waals surface area (Å²) in [6.45, 7) is 9.44. The highest BCUT2D eigenvalue weighted by molar-refractivity contribution is 5.68. The summed E-state index contributed by atoms with van der Waals surface area (Å²) in [4.78, 5) is 14.5. The zero-order valence-corrected chi connectivity index (χ0v) is 16.4. The Bertz CT molecular complexity index is 450. The number of piperidine rings is 1. The van der Waals surface area contributed by atoms with Crippen molar-refractivity contribution in [2.75, 3.05) is 19.6 Å². The molecule has 1 aliphatic heterocycles. The fraction of sp³-hybridized carbons (Fsp3) is 0.950. The standard InChI is InChI=1S/C20H37N3O2/c1-19(2,3)25-18(24)22-17-12-20(13-17)8-10-23(11-9-20)14-15-4-6-16(21)7-5-15/h15-17H,4-14,21H2,1-3H3,(H,22,24)/t15-,16-. The van der Waals surface area contributed by atoms with Crippen molar-refractivity contribution in [3.05, 3.63) is 0 Å². The Balaban J connectivity index is 1.34. The van der Waals surface area contributed by atoms with Gasteiger partial charge in [0, 0.05) is 18.6 Å². The Labute approximate surface area is 153 Å². The lowest BCUT2D eigenvalue weighted by molar-refractivity contribution is -0.00669. The van der Waals surface area contributed by atoms with E-state index in [4.69, 9.17) is 10.5 Å². The van der Waals surface area contributed by atoms with E-state index in [1.807, 2.05) is 20.8 Å². The van der Waals surface area contributed by atoms with E-state index in [0.717, 1.165) is 18.8 Å². The largest absolute Gasteiger partial charge is 0.444 e. The molecule has 1 amide bonds. The summed E-state index contributed by atoms with van der Waals surface area (Å²) >= 11 is 0. The Morgan fingerprint density at radius 1 is 1.16 bits per heavy atom. The van der Waals surface area contributed by atoms with E-state index >= 15 is 0 Å². The summed E-state index contributed by atoms with van der Waals surface area (Å²) in [5.41, 5.74) is 6.08. The van der Waals surface area contributed by atoms with Gasteiger partial charge in [0.25, 0.3) is 0 Å². The second kappa shape index (κ2) is 7.43. The van der Waals surface area contributed by atoms with Crippen LogP contribution in [0.5, 0.6) is 0 Å². The van der Waals surface area contributed by atoms with Crippen LogP contribution in [0.2, 0.25) is 0 Å². The van der Waals surface area contributed by atoms with Gasteiger partial charge in [-0.3, -0.25) is 0 Å². The molecular weight excluding hydrogens is 314 g/mol. The number of carbonyl (C=O) groups excluding carboxylic acids is 1. The first-order chi connectivity index (χ1) is 11.7. The maximum atomic E-state index is 11.9. The number of rotatable bonds is 3. The van der Waals surface area contributed by atoms with Gasteiger partial charge in [-0.25, -0.2) is 4.79 Å². The third kappa shape index (κ3) is 5.33. The molecule has 0 aromatic carbocycles. The molecule has 0 aromatic rings. The normalized spacial score (nSPS) is 30.7. The lowest BCUT2D eigenvalue weighted by Crippen LogP contribution is -2.55. The number of hydrogen-bond acceptors (Lipinski definition) is 4. The van der Waals surface area contributed by atoms with Gasteiger partial charge in [-0.15, -0.1) is 0 Å². The molecule has 0 bridgehead atoms. The molecule has 2 saturated carbocycles. The molecule has 1 spiro atoms. The molecule has 1 heterocycles. The number of nitrogens with zero attached hydrogens (tertiary/aromatic N) is 1. The van der Waals surface area contributed by atoms with Crippen LogP contribution in [0.3, 0.4) is 0 Å². The van der Waals surface area contributed by atoms with Gasteiger partial charge in [0.2, 0.25) is 0 Å². The molecular formula is C20H37N3O2. The van der Waals surface area contributed by atoms with Crippen molar-refractivity contribution in [3.8, 4) is 0 Å². The molecule has 0 atom stereocenters. The Hall–Kier alpha value is -0.810. The third-order valence-corrected chi connectivity index (χ3v) is 6.40. The smallest absolute Gasteiger partial charge is 0.407 e. The van der Waals surface area contributed by atoms with E-state index in [2.05, 4.69) is 10.2 Å². The van der Waals surface area contributed by atoms with Crippen molar-refractivity contribution in [3.63, 3.8) is 0 Å². The summed E-state index contributed by atoms with van der Waals surface area (Å²) in [5.74, 6) is 0.858. The van der Waals surface area contributed by atoms with E-state index < -0.39 is 5.60 Å². The molecule has 1 saturated heterocycles. The van der Waals surface area contributed by atoms with Gasteiger partial charge in [-0.1, -0.05) is 0 Å². The molecule has 144 valence electrons. The number of likely N-dealkylation sites (tertiary alicyclic amines) is 1. The first-order valence-electron chi connectivity index (χ1n) is 10.2. The highest BCUT2D eigenvalue weighted by Crippen LogP contribution is 2.49. The number of carbonyl (C=O) groups is 1. The second-order valence-corrected chi connectivity index (χ2v) is 9.83. The van der Waals surface area contributed by atoms with Gasteiger partial charge in [0.05, 0.1) is 0 Å². The van der Waals surface area contributed by atoms with Gasteiger partial charge in [0.15, 0.2) is 0 Å². The minimum atomic E-state index is -0.417. The van der Waals surface area contributed by atoms with Crippen molar-refractivity contribution < 1.29 is 9.53 Å². The molecule has 5 nitrogen and oxygen atoms in total. The van der Waals surface area contributed by atoms with Crippen LogP contribution in [0, 0.1) is 11.3 Å². The predicted octanol–water partition coefficient (Wildman–Crippen LogP) is 3.27. The number of hydrogen-bond donors (Lipinski definition) is 2. The van der Waals surface area contributed by atoms with Crippen LogP contribution in [0.15, 0.2) is 0 Å². The van der Waals surface area contributed by atoms with Crippen LogP contribution in [0.4, 0.5) is 4.79 Å². The van der Waals surface area contributed by atoms with Crippen molar-refractivity contribution in [2.24, 2.45) is 17.1 Å². The molecule has 3 N–H and O–H groups in total. The zero-order chi connectivity index (χ0) is 18.1. The van der Waals surface area contributed by atoms with Gasteiger partial charge in [0.1, 0.15) is 5.60 Å². The van der Waals surface area contributed by atoms with Crippen molar-refractivity contribution in [1.82, 2.24) is 10.2 Å². The van der Waals surface area contributed by atoms with Gasteiger partial charge in [-0.2, -0.15) is 0 Å². The fourth-order valence-corrected chi connectivity index (χ4v) is 4.92. The summed E-state index contributed by atoms with van der Waals surface area (Å²) < 4.78 is 5.36. The number of alkyl carbamates (subject to hydrolysis) is 1. The SMILES string of the molecule is CC(C)(C)OC(=O)NC1CC2(CCN(C[C@H]3CC[C@H](N)CC3)CC2)C1. The molecule has 0 aromatic heterocycles. The maximum Gasteiger partial charge on any atom is 0.407 e. The predicted molar refractivity (Wildman–Crippen MR) is 100 cm³/mol. The Morgan fingerprint density at radius 3 is 2.32 bits per heavy atom. The number of nitrogens with one attached hydrogen (secondary N) is 1. The summed E-state index contributed by atoms with van der Waals surface area (Å²) in [6, 6.07) is 0.756. The second-order valence-electron chi connectivity index (χ2n) is 9.83. The van der Waals surface area contributed by atoms with Gasteiger partial charge in [-0.05, 0) is 96.6 Å². The number of ether oxygens (including phenoxy) is 1. The summed E-state index contributed by atoms with van der Waals surface area (Å²) in [7, 11) is 0. The van der Waals surface area contributed by atoms with Gasteiger partial charge < -0.3 is 20.7 Å². The minimum Gasteiger partial charge on any atom is -0.444 e. The topological polar surface area (TPSA) is 67.6 Å². The molecule has 0 radical (unpaired) electrons. The van der Waals surface area contributed by atoms with Crippen LogP contribution in [0.25, 0.3) is 0 Å². The third-order valence-electron chi connectivity index (χ3n) is 6.40. The number of nitrogens with two attached hydrogens (primary N) is 1. The molecule has 25 heavy (non-hydrogen) atoms. The van der Waals surface area contributed by atoms with Crippen molar-refractivity contribution in [2.45, 2.75) is 89.8 Å². The van der Waals surface area contributed by atoms with Crippen LogP contribution in [-0.2, 0) is 4.74 Å². The molecule has 2 aliphatic carbocycles. The molecule has 3 aliphatic rings. The zero-order valence-electron chi connectivity index (χ0n) is 16.4. The van der Waals surface area contributed by atoms with Crippen LogP contribution >= 0.6 is 0 Å². The lowest BCUT2D eigenvalue weighted by atomic mass is 9.60. The van der Waals surface area contributed by atoms with Gasteiger partial charge >= 0.3 is 6.09 Å². The van der Waals surface area contributed by atoms with E-state index in [0.29, 0.717) is 17.5 Å². The first kappa shape index (κ1) is 19.0. The summed E-state index contributed by atoms with van der Waals surface area (Å²) in [6.07, 6.45) is 9.59. The van der Waals surface area contributed by atoms with Crippen LogP contribution in [0.1, 0.15) is 72.1 Å². The van der Waals surface area contributed by atoms with Crippen LogP contribution < -0.4 is 11.1 Å². The monoisotopic (exact) mass is 351 g/mol. The highest BCUT2D eigenvalue weighted by Gasteiger charge is 2.46. The molecule has 0 unspecified atom stereocenters. The quantitative estimate of drug-likeness (QED) is 0.819. The molecule has 3 fully saturated rings. The van der Waals surface area contributed by atoms with E-state index in [-0.39, 0.29) is 6.09 Å². The lowest BCUT2D eigenvalue weighted by Gasteiger charge is -2.52.